The van der Waals surface area contributed by atoms with Crippen LogP contribution in [0.15, 0.2) is 41.4 Å². The van der Waals surface area contributed by atoms with Gasteiger partial charge >= 0.3 is 0 Å². The van der Waals surface area contributed by atoms with Crippen molar-refractivity contribution in [3.63, 3.8) is 0 Å². The molecule has 2 rings (SSSR count). The van der Waals surface area contributed by atoms with Crippen LogP contribution in [0.5, 0.6) is 0 Å². The largest absolute Gasteiger partial charge is 0.312 e. The normalized spacial score (nSPS) is 11.5. The Morgan fingerprint density at radius 2 is 1.96 bits per heavy atom. The second-order valence-electron chi connectivity index (χ2n) is 5.82. The molecule has 0 saturated heterocycles. The number of benzene rings is 1. The predicted octanol–water partition coefficient (Wildman–Crippen LogP) is 4.00. The number of aromatic nitrogens is 1. The second-order valence-corrected chi connectivity index (χ2v) is 7.15. The molecule has 134 valence electrons. The molecule has 0 spiro atoms. The lowest BCUT2D eigenvalue weighted by Crippen LogP contribution is -2.36. The van der Waals surface area contributed by atoms with Gasteiger partial charge in [-0.1, -0.05) is 30.0 Å². The third-order valence-electron chi connectivity index (χ3n) is 3.96. The van der Waals surface area contributed by atoms with E-state index < -0.39 is 5.25 Å². The first-order valence-electron chi connectivity index (χ1n) is 8.34. The lowest BCUT2D eigenvalue weighted by molar-refractivity contribution is -0.117. The van der Waals surface area contributed by atoms with Crippen molar-refractivity contribution in [2.45, 2.75) is 38.0 Å². The van der Waals surface area contributed by atoms with Crippen LogP contribution in [0.25, 0.3) is 0 Å². The summed E-state index contributed by atoms with van der Waals surface area (Å²) in [7, 11) is 0. The monoisotopic (exact) mass is 367 g/mol. The van der Waals surface area contributed by atoms with Gasteiger partial charge in [0.2, 0.25) is 5.91 Å². The number of thioether (sulfide) groups is 1. The maximum Gasteiger partial charge on any atom is 0.240 e. The number of aryl methyl sites for hydroxylation is 1. The van der Waals surface area contributed by atoms with E-state index in [9.17, 15) is 14.9 Å². The highest BCUT2D eigenvalue weighted by atomic mass is 32.2. The summed E-state index contributed by atoms with van der Waals surface area (Å²) in [4.78, 5) is 30.6. The van der Waals surface area contributed by atoms with Crippen LogP contribution in [-0.4, -0.2) is 28.5 Å². The molecule has 0 radical (unpaired) electrons. The molecule has 1 atom stereocenters. The smallest absolute Gasteiger partial charge is 0.240 e. The summed E-state index contributed by atoms with van der Waals surface area (Å²) in [5, 5.41) is 9.44. The van der Waals surface area contributed by atoms with Crippen LogP contribution >= 0.6 is 11.8 Å². The number of nitriles is 1. The highest BCUT2D eigenvalue weighted by molar-refractivity contribution is 8.00. The van der Waals surface area contributed by atoms with Crippen molar-refractivity contribution in [1.82, 2.24) is 4.98 Å². The molecule has 0 aliphatic rings. The summed E-state index contributed by atoms with van der Waals surface area (Å²) < 4.78 is 0. The zero-order chi connectivity index (χ0) is 19.3. The molecule has 0 aliphatic carbocycles. The van der Waals surface area contributed by atoms with E-state index in [1.54, 1.807) is 24.8 Å². The van der Waals surface area contributed by atoms with Crippen molar-refractivity contribution in [2.24, 2.45) is 0 Å². The molecule has 0 bridgehead atoms. The summed E-state index contributed by atoms with van der Waals surface area (Å²) in [5.41, 5.74) is 2.15. The number of nitrogens with zero attached hydrogens (tertiary/aromatic N) is 3. The summed E-state index contributed by atoms with van der Waals surface area (Å²) >= 11 is 1.24. The van der Waals surface area contributed by atoms with Gasteiger partial charge in [-0.2, -0.15) is 5.26 Å². The number of para-hydroxylation sites is 1. The third-order valence-corrected chi connectivity index (χ3v) is 5.05. The first-order valence-corrected chi connectivity index (χ1v) is 9.22. The number of pyridine rings is 1. The molecule has 2 aromatic rings. The van der Waals surface area contributed by atoms with Gasteiger partial charge in [0.05, 0.1) is 10.8 Å². The summed E-state index contributed by atoms with van der Waals surface area (Å²) in [6, 6.07) is 13.1. The minimum Gasteiger partial charge on any atom is -0.312 e. The van der Waals surface area contributed by atoms with E-state index in [0.29, 0.717) is 28.4 Å². The Balaban J connectivity index is 2.27. The van der Waals surface area contributed by atoms with Gasteiger partial charge in [-0.15, -0.1) is 0 Å². The van der Waals surface area contributed by atoms with Crippen LogP contribution in [-0.2, 0) is 4.79 Å². The molecular weight excluding hydrogens is 346 g/mol. The maximum absolute atomic E-state index is 12.9. The number of Topliss-reactive ketones (excluding diaryl/α,β-unsaturated/α-hetero) is 1. The van der Waals surface area contributed by atoms with Crippen LogP contribution in [0.1, 0.15) is 42.4 Å². The zero-order valence-corrected chi connectivity index (χ0v) is 16.1. The fourth-order valence-electron chi connectivity index (χ4n) is 2.62. The minimum absolute atomic E-state index is 0.0531. The number of hydrogen-bond donors (Lipinski definition) is 0. The van der Waals surface area contributed by atoms with E-state index in [0.717, 1.165) is 5.69 Å². The van der Waals surface area contributed by atoms with Crippen LogP contribution < -0.4 is 4.90 Å². The van der Waals surface area contributed by atoms with Crippen LogP contribution in [0, 0.1) is 18.3 Å². The average Bonchev–Trinajstić information content (AvgIpc) is 2.63. The van der Waals surface area contributed by atoms with Crippen molar-refractivity contribution in [3.05, 3.63) is 53.2 Å². The quantitative estimate of drug-likeness (QED) is 0.570. The van der Waals surface area contributed by atoms with Crippen molar-refractivity contribution in [3.8, 4) is 6.07 Å². The molecule has 5 nitrogen and oxygen atoms in total. The Morgan fingerprint density at radius 3 is 2.50 bits per heavy atom. The number of hydrogen-bond acceptors (Lipinski definition) is 5. The van der Waals surface area contributed by atoms with Gasteiger partial charge in [0, 0.05) is 23.5 Å². The van der Waals surface area contributed by atoms with Gasteiger partial charge in [0.25, 0.3) is 0 Å². The number of rotatable bonds is 6. The molecule has 0 N–H and O–H groups in total. The number of carbonyl (C=O) groups is 2. The third kappa shape index (κ3) is 4.30. The van der Waals surface area contributed by atoms with Crippen molar-refractivity contribution < 1.29 is 9.59 Å². The molecule has 1 aromatic carbocycles. The second kappa shape index (κ2) is 8.63. The topological polar surface area (TPSA) is 74.1 Å². The maximum atomic E-state index is 12.9. The van der Waals surface area contributed by atoms with E-state index >= 15 is 0 Å². The number of anilines is 1. The lowest BCUT2D eigenvalue weighted by Gasteiger charge is -2.24. The van der Waals surface area contributed by atoms with E-state index in [-0.39, 0.29) is 11.7 Å². The van der Waals surface area contributed by atoms with Gasteiger partial charge < -0.3 is 4.90 Å². The molecule has 0 saturated carbocycles. The predicted molar refractivity (Wildman–Crippen MR) is 103 cm³/mol. The van der Waals surface area contributed by atoms with Gasteiger partial charge in [-0.25, -0.2) is 4.98 Å². The molecule has 1 heterocycles. The molecule has 26 heavy (non-hydrogen) atoms. The van der Waals surface area contributed by atoms with Gasteiger partial charge in [0.15, 0.2) is 5.78 Å². The molecule has 0 fully saturated rings. The number of carbonyl (C=O) groups excluding carboxylic acids is 2. The Morgan fingerprint density at radius 1 is 1.31 bits per heavy atom. The van der Waals surface area contributed by atoms with Crippen molar-refractivity contribution >= 4 is 29.1 Å². The molecule has 6 heteroatoms. The van der Waals surface area contributed by atoms with E-state index in [2.05, 4.69) is 11.1 Å². The van der Waals surface area contributed by atoms with Gasteiger partial charge in [-0.3, -0.25) is 9.59 Å². The first-order chi connectivity index (χ1) is 12.4. The molecule has 1 unspecified atom stereocenters. The first kappa shape index (κ1) is 19.7. The fraction of sp³-hybridized carbons (Fsp3) is 0.300. The SMILES string of the molecule is CCN(C(=O)C(C)Sc1nc(C)c(C(C)=O)cc1C#N)c1ccccc1. The molecule has 0 aliphatic heterocycles. The Hall–Kier alpha value is -2.65. The van der Waals surface area contributed by atoms with Gasteiger partial charge in [-0.05, 0) is 45.9 Å². The Kier molecular flexibility index (Phi) is 6.53. The number of amides is 1. The molecular formula is C20H21N3O2S. The summed E-state index contributed by atoms with van der Waals surface area (Å²) in [6.07, 6.45) is 0. The van der Waals surface area contributed by atoms with Crippen LogP contribution in [0.3, 0.4) is 0 Å². The van der Waals surface area contributed by atoms with E-state index in [4.69, 9.17) is 0 Å². The van der Waals surface area contributed by atoms with E-state index in [1.807, 2.05) is 37.3 Å². The molecule has 1 amide bonds. The summed E-state index contributed by atoms with van der Waals surface area (Å²) in [6.45, 7) is 7.46. The van der Waals surface area contributed by atoms with E-state index in [1.165, 1.54) is 18.7 Å². The highest BCUT2D eigenvalue weighted by Gasteiger charge is 2.24. The lowest BCUT2D eigenvalue weighted by atomic mass is 10.1. The number of ketones is 1. The van der Waals surface area contributed by atoms with Gasteiger partial charge in [0.1, 0.15) is 11.1 Å². The standard InChI is InChI=1S/C20H21N3O2S/c1-5-23(17-9-7-6-8-10-17)20(25)15(4)26-19-16(12-21)11-18(14(3)24)13(2)22-19/h6-11,15H,5H2,1-4H3. The van der Waals surface area contributed by atoms with Crippen molar-refractivity contribution in [2.75, 3.05) is 11.4 Å². The van der Waals surface area contributed by atoms with Crippen LogP contribution in [0.2, 0.25) is 0 Å². The van der Waals surface area contributed by atoms with Crippen molar-refractivity contribution in [1.29, 1.82) is 5.26 Å². The fourth-order valence-corrected chi connectivity index (χ4v) is 3.60. The Labute approximate surface area is 158 Å². The highest BCUT2D eigenvalue weighted by Crippen LogP contribution is 2.29. The van der Waals surface area contributed by atoms with Crippen LogP contribution in [0.4, 0.5) is 5.69 Å². The average molecular weight is 367 g/mol. The minimum atomic E-state index is -0.419. The summed E-state index contributed by atoms with van der Waals surface area (Å²) in [5.74, 6) is -0.184. The Bertz CT molecular complexity index is 859. The molecule has 1 aromatic heterocycles. The zero-order valence-electron chi connectivity index (χ0n) is 15.3.